The summed E-state index contributed by atoms with van der Waals surface area (Å²) in [5, 5.41) is 0.639. The van der Waals surface area contributed by atoms with Crippen LogP contribution < -0.4 is 10.5 Å². The quantitative estimate of drug-likeness (QED) is 0.883. The summed E-state index contributed by atoms with van der Waals surface area (Å²) in [6, 6.07) is 8.49. The van der Waals surface area contributed by atoms with E-state index in [1.807, 2.05) is 6.07 Å². The molecule has 1 aliphatic carbocycles. The minimum absolute atomic E-state index is 0.195. The van der Waals surface area contributed by atoms with E-state index in [1.54, 1.807) is 30.5 Å². The average Bonchev–Trinajstić information content (AvgIpc) is 3.06. The summed E-state index contributed by atoms with van der Waals surface area (Å²) < 4.78 is 28.4. The molecule has 0 saturated heterocycles. The summed E-state index contributed by atoms with van der Waals surface area (Å²) in [7, 11) is -3.61. The fraction of sp³-hybridized carbons (Fsp3) is 0.438. The highest BCUT2D eigenvalue weighted by molar-refractivity contribution is 7.89. The lowest BCUT2D eigenvalue weighted by Gasteiger charge is -2.23. The van der Waals surface area contributed by atoms with Crippen molar-refractivity contribution >= 4 is 20.9 Å². The summed E-state index contributed by atoms with van der Waals surface area (Å²) in [5.74, 6) is 0.341. The molecule has 0 bridgehead atoms. The molecule has 1 atom stereocenters. The Bertz CT molecular complexity index is 750. The molecule has 2 aromatic rings. The van der Waals surface area contributed by atoms with Crippen LogP contribution in [0.4, 0.5) is 0 Å². The van der Waals surface area contributed by atoms with Crippen LogP contribution in [0.3, 0.4) is 0 Å². The van der Waals surface area contributed by atoms with Crippen molar-refractivity contribution in [2.45, 2.75) is 36.6 Å². The Hall–Kier alpha value is -1.50. The van der Waals surface area contributed by atoms with Gasteiger partial charge in [0.15, 0.2) is 0 Å². The van der Waals surface area contributed by atoms with E-state index in [-0.39, 0.29) is 10.9 Å². The van der Waals surface area contributed by atoms with Gasteiger partial charge in [-0.05, 0) is 43.0 Å². The zero-order valence-electron chi connectivity index (χ0n) is 12.4. The van der Waals surface area contributed by atoms with Gasteiger partial charge in [-0.2, -0.15) is 0 Å². The van der Waals surface area contributed by atoms with Gasteiger partial charge in [-0.3, -0.25) is 4.98 Å². The van der Waals surface area contributed by atoms with Crippen molar-refractivity contribution in [1.82, 2.24) is 9.71 Å². The van der Waals surface area contributed by atoms with Crippen molar-refractivity contribution in [3.8, 4) is 0 Å². The van der Waals surface area contributed by atoms with Crippen LogP contribution in [0.1, 0.15) is 25.7 Å². The number of rotatable bonds is 5. The lowest BCUT2D eigenvalue weighted by Crippen LogP contribution is -2.44. The van der Waals surface area contributed by atoms with Crippen molar-refractivity contribution in [2.75, 3.05) is 6.54 Å². The molecule has 1 saturated carbocycles. The average molecular weight is 319 g/mol. The smallest absolute Gasteiger partial charge is 0.241 e. The first-order valence-electron chi connectivity index (χ1n) is 7.68. The topological polar surface area (TPSA) is 85.1 Å². The summed E-state index contributed by atoms with van der Waals surface area (Å²) in [5.41, 5.74) is 6.49. The van der Waals surface area contributed by atoms with Crippen molar-refractivity contribution < 1.29 is 8.42 Å². The molecule has 3 rings (SSSR count). The number of aromatic nitrogens is 1. The highest BCUT2D eigenvalue weighted by atomic mass is 32.2. The fourth-order valence-electron chi connectivity index (χ4n) is 3.27. The summed E-state index contributed by atoms with van der Waals surface area (Å²) >= 11 is 0. The van der Waals surface area contributed by atoms with Gasteiger partial charge in [0.25, 0.3) is 0 Å². The van der Waals surface area contributed by atoms with Crippen molar-refractivity contribution in [3.05, 3.63) is 36.5 Å². The van der Waals surface area contributed by atoms with Crippen LogP contribution >= 0.6 is 0 Å². The Balaban J connectivity index is 1.94. The van der Waals surface area contributed by atoms with E-state index in [0.717, 1.165) is 25.7 Å². The SMILES string of the molecule is NCC(NS(=O)(=O)c1cccc2ncccc12)C1CCCC1. The van der Waals surface area contributed by atoms with E-state index in [0.29, 0.717) is 23.4 Å². The van der Waals surface area contributed by atoms with Crippen LogP contribution in [-0.4, -0.2) is 26.0 Å². The van der Waals surface area contributed by atoms with E-state index in [9.17, 15) is 8.42 Å². The Labute approximate surface area is 131 Å². The van der Waals surface area contributed by atoms with Gasteiger partial charge in [0.2, 0.25) is 10.0 Å². The van der Waals surface area contributed by atoms with Gasteiger partial charge in [-0.25, -0.2) is 13.1 Å². The largest absolute Gasteiger partial charge is 0.329 e. The van der Waals surface area contributed by atoms with Crippen LogP contribution in [-0.2, 0) is 10.0 Å². The predicted molar refractivity (Wildman–Crippen MR) is 86.9 cm³/mol. The van der Waals surface area contributed by atoms with Gasteiger partial charge in [0.05, 0.1) is 10.4 Å². The molecule has 118 valence electrons. The van der Waals surface area contributed by atoms with Gasteiger partial charge in [-0.1, -0.05) is 18.9 Å². The number of benzene rings is 1. The van der Waals surface area contributed by atoms with Gasteiger partial charge < -0.3 is 5.73 Å². The molecule has 22 heavy (non-hydrogen) atoms. The molecule has 1 aromatic carbocycles. The molecule has 0 aliphatic heterocycles. The Kier molecular flexibility index (Phi) is 4.42. The lowest BCUT2D eigenvalue weighted by atomic mass is 9.99. The van der Waals surface area contributed by atoms with Gasteiger partial charge in [-0.15, -0.1) is 0 Å². The number of fused-ring (bicyclic) bond motifs is 1. The molecule has 1 fully saturated rings. The van der Waals surface area contributed by atoms with E-state index in [1.165, 1.54) is 0 Å². The van der Waals surface area contributed by atoms with E-state index in [2.05, 4.69) is 9.71 Å². The molecule has 1 aromatic heterocycles. The zero-order chi connectivity index (χ0) is 15.6. The first-order chi connectivity index (χ1) is 10.6. The molecular formula is C16H21N3O2S. The second-order valence-electron chi connectivity index (χ2n) is 5.83. The normalized spacial score (nSPS) is 17.9. The predicted octanol–water partition coefficient (Wildman–Crippen LogP) is 2.03. The molecule has 1 heterocycles. The highest BCUT2D eigenvalue weighted by Crippen LogP contribution is 2.29. The van der Waals surface area contributed by atoms with Gasteiger partial charge >= 0.3 is 0 Å². The van der Waals surface area contributed by atoms with E-state index in [4.69, 9.17) is 5.73 Å². The van der Waals surface area contributed by atoms with Crippen molar-refractivity contribution in [3.63, 3.8) is 0 Å². The minimum atomic E-state index is -3.61. The highest BCUT2D eigenvalue weighted by Gasteiger charge is 2.29. The summed E-state index contributed by atoms with van der Waals surface area (Å²) in [6.07, 6.45) is 6.05. The van der Waals surface area contributed by atoms with Crippen molar-refractivity contribution in [1.29, 1.82) is 0 Å². The van der Waals surface area contributed by atoms with Crippen molar-refractivity contribution in [2.24, 2.45) is 11.7 Å². The Morgan fingerprint density at radius 3 is 2.73 bits per heavy atom. The zero-order valence-corrected chi connectivity index (χ0v) is 13.2. The summed E-state index contributed by atoms with van der Waals surface area (Å²) in [4.78, 5) is 4.49. The van der Waals surface area contributed by atoms with Crippen LogP contribution in [0, 0.1) is 5.92 Å². The monoisotopic (exact) mass is 319 g/mol. The molecule has 0 amide bonds. The second kappa shape index (κ2) is 6.32. The minimum Gasteiger partial charge on any atom is -0.329 e. The number of pyridine rings is 1. The van der Waals surface area contributed by atoms with E-state index >= 15 is 0 Å². The third-order valence-electron chi connectivity index (χ3n) is 4.42. The fourth-order valence-corrected chi connectivity index (χ4v) is 4.80. The standard InChI is InChI=1S/C16H21N3O2S/c17-11-15(12-5-1-2-6-12)19-22(20,21)16-9-3-8-14-13(16)7-4-10-18-14/h3-4,7-10,12,15,19H,1-2,5-6,11,17H2. The maximum atomic E-state index is 12.8. The first kappa shape index (κ1) is 15.4. The van der Waals surface area contributed by atoms with Gasteiger partial charge in [0, 0.05) is 24.2 Å². The second-order valence-corrected chi connectivity index (χ2v) is 7.52. The van der Waals surface area contributed by atoms with Crippen LogP contribution in [0.25, 0.3) is 10.9 Å². The Morgan fingerprint density at radius 2 is 2.00 bits per heavy atom. The molecule has 1 unspecified atom stereocenters. The molecular weight excluding hydrogens is 298 g/mol. The van der Waals surface area contributed by atoms with Crippen LogP contribution in [0.2, 0.25) is 0 Å². The number of nitrogens with two attached hydrogens (primary N) is 1. The number of nitrogens with one attached hydrogen (secondary N) is 1. The summed E-state index contributed by atoms with van der Waals surface area (Å²) in [6.45, 7) is 0.326. The molecule has 0 spiro atoms. The number of nitrogens with zero attached hydrogens (tertiary/aromatic N) is 1. The van der Waals surface area contributed by atoms with Crippen LogP contribution in [0.5, 0.6) is 0 Å². The number of sulfonamides is 1. The molecule has 6 heteroatoms. The van der Waals surface area contributed by atoms with Crippen LogP contribution in [0.15, 0.2) is 41.4 Å². The maximum Gasteiger partial charge on any atom is 0.241 e. The molecule has 0 radical (unpaired) electrons. The lowest BCUT2D eigenvalue weighted by molar-refractivity contribution is 0.406. The third kappa shape index (κ3) is 2.99. The molecule has 3 N–H and O–H groups in total. The van der Waals surface area contributed by atoms with E-state index < -0.39 is 10.0 Å². The molecule has 1 aliphatic rings. The number of hydrogen-bond donors (Lipinski definition) is 2. The maximum absolute atomic E-state index is 12.8. The third-order valence-corrected chi connectivity index (χ3v) is 5.97. The molecule has 5 nitrogen and oxygen atoms in total. The number of hydrogen-bond acceptors (Lipinski definition) is 4. The first-order valence-corrected chi connectivity index (χ1v) is 9.16. The Morgan fingerprint density at radius 1 is 1.23 bits per heavy atom. The van der Waals surface area contributed by atoms with Gasteiger partial charge in [0.1, 0.15) is 0 Å².